The number of hydrogen-bond acceptors (Lipinski definition) is 1. The molecule has 18 heavy (non-hydrogen) atoms. The topological polar surface area (TPSA) is 25.0 Å². The highest BCUT2D eigenvalue weighted by Gasteiger charge is 2.11. The fraction of sp³-hybridized carbons (Fsp3) is 0.250. The summed E-state index contributed by atoms with van der Waals surface area (Å²) in [6, 6.07) is 8.64. The molecule has 1 N–H and O–H groups in total. The zero-order valence-electron chi connectivity index (χ0n) is 11.2. The van der Waals surface area contributed by atoms with Gasteiger partial charge in [0.05, 0.1) is 12.6 Å². The van der Waals surface area contributed by atoms with Crippen LogP contribution in [0.5, 0.6) is 5.75 Å². The predicted molar refractivity (Wildman–Crippen MR) is 76.6 cm³/mol. The number of hydrogen-bond donors (Lipinski definition) is 1. The van der Waals surface area contributed by atoms with Crippen LogP contribution in [0.1, 0.15) is 16.7 Å². The molecule has 3 rings (SSSR count). The van der Waals surface area contributed by atoms with Gasteiger partial charge in [0.15, 0.2) is 0 Å². The summed E-state index contributed by atoms with van der Waals surface area (Å²) in [5.74, 6) is 0.935. The molecule has 0 saturated heterocycles. The summed E-state index contributed by atoms with van der Waals surface area (Å²) in [4.78, 5) is 3.51. The van der Waals surface area contributed by atoms with Gasteiger partial charge in [0.2, 0.25) is 0 Å². The Balaban J connectivity index is 2.52. The third-order valence-electron chi connectivity index (χ3n) is 3.69. The van der Waals surface area contributed by atoms with E-state index in [1.807, 2.05) is 0 Å². The summed E-state index contributed by atoms with van der Waals surface area (Å²) in [7, 11) is 1.72. The molecular weight excluding hydrogens is 222 g/mol. The molecule has 0 atom stereocenters. The van der Waals surface area contributed by atoms with Gasteiger partial charge in [-0.2, -0.15) is 0 Å². The van der Waals surface area contributed by atoms with Crippen LogP contribution >= 0.6 is 0 Å². The molecule has 0 aliphatic rings. The Hall–Kier alpha value is -1.96. The number of aromatic amines is 1. The second-order valence-electron chi connectivity index (χ2n) is 4.94. The van der Waals surface area contributed by atoms with Gasteiger partial charge in [0.1, 0.15) is 5.75 Å². The van der Waals surface area contributed by atoms with Crippen LogP contribution in [0.2, 0.25) is 0 Å². The summed E-state index contributed by atoms with van der Waals surface area (Å²) in [6.45, 7) is 6.39. The number of fused-ring (bicyclic) bond motifs is 3. The minimum Gasteiger partial charge on any atom is -0.496 e. The highest BCUT2D eigenvalue weighted by molar-refractivity contribution is 6.10. The summed E-state index contributed by atoms with van der Waals surface area (Å²) in [5, 5.41) is 2.61. The highest BCUT2D eigenvalue weighted by atomic mass is 16.5. The van der Waals surface area contributed by atoms with Crippen molar-refractivity contribution in [1.29, 1.82) is 0 Å². The maximum Gasteiger partial charge on any atom is 0.123 e. The zero-order chi connectivity index (χ0) is 12.9. The van der Waals surface area contributed by atoms with E-state index in [0.29, 0.717) is 0 Å². The van der Waals surface area contributed by atoms with E-state index in [2.05, 4.69) is 50.0 Å². The minimum atomic E-state index is 0.935. The molecule has 0 saturated carbocycles. The van der Waals surface area contributed by atoms with E-state index in [0.717, 1.165) is 11.3 Å². The summed E-state index contributed by atoms with van der Waals surface area (Å²) in [5.41, 5.74) is 6.14. The first-order valence-corrected chi connectivity index (χ1v) is 6.18. The van der Waals surface area contributed by atoms with Crippen molar-refractivity contribution < 1.29 is 4.74 Å². The van der Waals surface area contributed by atoms with Crippen molar-refractivity contribution in [2.75, 3.05) is 7.11 Å². The van der Waals surface area contributed by atoms with E-state index < -0.39 is 0 Å². The first kappa shape index (κ1) is 11.1. The fourth-order valence-electron chi connectivity index (χ4n) is 2.67. The van der Waals surface area contributed by atoms with Crippen molar-refractivity contribution in [1.82, 2.24) is 4.98 Å². The molecular formula is C16H17NO. The molecule has 0 aliphatic carbocycles. The van der Waals surface area contributed by atoms with Crippen LogP contribution < -0.4 is 4.74 Å². The minimum absolute atomic E-state index is 0.935. The number of ether oxygens (including phenoxy) is 1. The second kappa shape index (κ2) is 3.77. The number of rotatable bonds is 1. The van der Waals surface area contributed by atoms with Crippen molar-refractivity contribution in [3.05, 3.63) is 41.0 Å². The number of nitrogens with one attached hydrogen (secondary N) is 1. The lowest BCUT2D eigenvalue weighted by Crippen LogP contribution is -1.86. The molecule has 92 valence electrons. The maximum absolute atomic E-state index is 5.39. The Morgan fingerprint density at radius 1 is 0.944 bits per heavy atom. The fourth-order valence-corrected chi connectivity index (χ4v) is 2.67. The van der Waals surface area contributed by atoms with Crippen molar-refractivity contribution >= 4 is 21.8 Å². The number of aromatic nitrogens is 1. The molecule has 2 aromatic carbocycles. The van der Waals surface area contributed by atoms with Gasteiger partial charge in [-0.25, -0.2) is 0 Å². The molecule has 1 aromatic heterocycles. The van der Waals surface area contributed by atoms with Gasteiger partial charge in [0.25, 0.3) is 0 Å². The smallest absolute Gasteiger partial charge is 0.123 e. The van der Waals surface area contributed by atoms with Crippen LogP contribution in [0.3, 0.4) is 0 Å². The van der Waals surface area contributed by atoms with Crippen molar-refractivity contribution in [2.45, 2.75) is 20.8 Å². The standard InChI is InChI=1S/C16H17NO/c1-9-5-6-10(2)16-15(9)12-7-11(3)14(18-4)8-13(12)17-16/h5-8,17H,1-4H3. The lowest BCUT2D eigenvalue weighted by molar-refractivity contribution is 0.412. The van der Waals surface area contributed by atoms with E-state index in [-0.39, 0.29) is 0 Å². The second-order valence-corrected chi connectivity index (χ2v) is 4.94. The first-order chi connectivity index (χ1) is 8.61. The number of methoxy groups -OCH3 is 1. The summed E-state index contributed by atoms with van der Waals surface area (Å²) in [6.07, 6.45) is 0. The lowest BCUT2D eigenvalue weighted by atomic mass is 10.0. The van der Waals surface area contributed by atoms with E-state index in [4.69, 9.17) is 4.74 Å². The number of benzene rings is 2. The number of aryl methyl sites for hydroxylation is 3. The van der Waals surface area contributed by atoms with Gasteiger partial charge in [0, 0.05) is 22.4 Å². The zero-order valence-corrected chi connectivity index (χ0v) is 11.2. The molecule has 2 nitrogen and oxygen atoms in total. The Morgan fingerprint density at radius 2 is 1.67 bits per heavy atom. The molecule has 2 heteroatoms. The van der Waals surface area contributed by atoms with Crippen LogP contribution in [-0.2, 0) is 0 Å². The Labute approximate surface area is 107 Å². The third kappa shape index (κ3) is 1.42. The average Bonchev–Trinajstić information content (AvgIpc) is 2.72. The monoisotopic (exact) mass is 239 g/mol. The van der Waals surface area contributed by atoms with Gasteiger partial charge in [-0.05, 0) is 43.5 Å². The van der Waals surface area contributed by atoms with Gasteiger partial charge in [-0.1, -0.05) is 12.1 Å². The Bertz CT molecular complexity index is 753. The molecule has 0 unspecified atom stereocenters. The van der Waals surface area contributed by atoms with E-state index in [1.165, 1.54) is 33.0 Å². The Kier molecular flexibility index (Phi) is 2.34. The normalized spacial score (nSPS) is 11.3. The van der Waals surface area contributed by atoms with Crippen LogP contribution in [0.4, 0.5) is 0 Å². The molecule has 0 aliphatic heterocycles. The first-order valence-electron chi connectivity index (χ1n) is 6.18. The quantitative estimate of drug-likeness (QED) is 0.674. The largest absolute Gasteiger partial charge is 0.496 e. The third-order valence-corrected chi connectivity index (χ3v) is 3.69. The average molecular weight is 239 g/mol. The molecule has 0 spiro atoms. The van der Waals surface area contributed by atoms with Gasteiger partial charge < -0.3 is 9.72 Å². The summed E-state index contributed by atoms with van der Waals surface area (Å²) < 4.78 is 5.39. The SMILES string of the molecule is COc1cc2[nH]c3c(C)ccc(C)c3c2cc1C. The predicted octanol–water partition coefficient (Wildman–Crippen LogP) is 4.25. The maximum atomic E-state index is 5.39. The van der Waals surface area contributed by atoms with Crippen molar-refractivity contribution in [2.24, 2.45) is 0 Å². The molecule has 0 amide bonds. The van der Waals surface area contributed by atoms with E-state index >= 15 is 0 Å². The van der Waals surface area contributed by atoms with Gasteiger partial charge in [-0.15, -0.1) is 0 Å². The summed E-state index contributed by atoms with van der Waals surface area (Å²) >= 11 is 0. The van der Waals surface area contributed by atoms with E-state index in [9.17, 15) is 0 Å². The molecule has 0 radical (unpaired) electrons. The Morgan fingerprint density at radius 3 is 2.39 bits per heavy atom. The van der Waals surface area contributed by atoms with Gasteiger partial charge in [-0.3, -0.25) is 0 Å². The molecule has 1 heterocycles. The van der Waals surface area contributed by atoms with E-state index in [1.54, 1.807) is 7.11 Å². The van der Waals surface area contributed by atoms with Crippen LogP contribution in [0.15, 0.2) is 24.3 Å². The van der Waals surface area contributed by atoms with Crippen LogP contribution in [-0.4, -0.2) is 12.1 Å². The number of H-pyrrole nitrogens is 1. The van der Waals surface area contributed by atoms with Crippen LogP contribution in [0, 0.1) is 20.8 Å². The molecule has 0 fully saturated rings. The highest BCUT2D eigenvalue weighted by Crippen LogP contribution is 2.33. The van der Waals surface area contributed by atoms with Crippen LogP contribution in [0.25, 0.3) is 21.8 Å². The lowest BCUT2D eigenvalue weighted by Gasteiger charge is -2.04. The van der Waals surface area contributed by atoms with Crippen molar-refractivity contribution in [3.63, 3.8) is 0 Å². The molecule has 0 bridgehead atoms. The van der Waals surface area contributed by atoms with Crippen molar-refractivity contribution in [3.8, 4) is 5.75 Å². The van der Waals surface area contributed by atoms with Gasteiger partial charge >= 0.3 is 0 Å². The molecule has 3 aromatic rings.